The second-order valence-electron chi connectivity index (χ2n) is 5.51. The van der Waals surface area contributed by atoms with Gasteiger partial charge < -0.3 is 15.4 Å². The van der Waals surface area contributed by atoms with Crippen molar-refractivity contribution in [3.63, 3.8) is 0 Å². The van der Waals surface area contributed by atoms with Crippen LogP contribution in [0.25, 0.3) is 0 Å². The number of unbranched alkanes of at least 4 members (excludes halogenated alkanes) is 1. The smallest absolute Gasteiger partial charge is 0.410 e. The van der Waals surface area contributed by atoms with Crippen molar-refractivity contribution < 1.29 is 9.53 Å². The van der Waals surface area contributed by atoms with Crippen LogP contribution in [-0.2, 0) is 0 Å². The van der Waals surface area contributed by atoms with E-state index in [1.807, 2.05) is 18.2 Å². The fourth-order valence-electron chi connectivity index (χ4n) is 1.54. The summed E-state index contributed by atoms with van der Waals surface area (Å²) in [5, 5.41) is 6.15. The molecule has 0 bridgehead atoms. The van der Waals surface area contributed by atoms with E-state index in [0.717, 1.165) is 19.4 Å². The van der Waals surface area contributed by atoms with Crippen molar-refractivity contribution in [2.24, 2.45) is 0 Å². The topological polar surface area (TPSA) is 50.4 Å². The van der Waals surface area contributed by atoms with Gasteiger partial charge in [0.05, 0.1) is 0 Å². The second-order valence-corrected chi connectivity index (χ2v) is 5.51. The van der Waals surface area contributed by atoms with Gasteiger partial charge in [0.2, 0.25) is 0 Å². The van der Waals surface area contributed by atoms with Gasteiger partial charge in [-0.2, -0.15) is 0 Å². The highest BCUT2D eigenvalue weighted by atomic mass is 16.5. The van der Waals surface area contributed by atoms with E-state index in [-0.39, 0.29) is 5.54 Å². The van der Waals surface area contributed by atoms with Crippen molar-refractivity contribution in [2.75, 3.05) is 13.1 Å². The predicted molar refractivity (Wildman–Crippen MR) is 77.5 cm³/mol. The molecule has 2 N–H and O–H groups in total. The third-order valence-electron chi connectivity index (χ3n) is 2.48. The van der Waals surface area contributed by atoms with Gasteiger partial charge in [0.1, 0.15) is 5.75 Å². The second kappa shape index (κ2) is 7.79. The molecule has 1 rings (SSSR count). The maximum absolute atomic E-state index is 11.5. The zero-order chi connectivity index (χ0) is 14.1. The molecule has 0 aliphatic carbocycles. The van der Waals surface area contributed by atoms with Gasteiger partial charge in [-0.05, 0) is 52.3 Å². The number of hydrogen-bond donors (Lipinski definition) is 2. The van der Waals surface area contributed by atoms with Crippen molar-refractivity contribution in [2.45, 2.75) is 39.2 Å². The molecule has 1 aromatic carbocycles. The Hall–Kier alpha value is -1.55. The van der Waals surface area contributed by atoms with Crippen LogP contribution in [0.3, 0.4) is 0 Å². The normalized spacial score (nSPS) is 11.1. The van der Waals surface area contributed by atoms with Crippen LogP contribution >= 0.6 is 0 Å². The first-order valence-corrected chi connectivity index (χ1v) is 6.73. The highest BCUT2D eigenvalue weighted by Gasteiger charge is 2.07. The molecule has 0 radical (unpaired) electrons. The molecule has 0 fully saturated rings. The average Bonchev–Trinajstić information content (AvgIpc) is 2.33. The predicted octanol–water partition coefficient (Wildman–Crippen LogP) is 2.94. The number of nitrogens with one attached hydrogen (secondary N) is 2. The Morgan fingerprint density at radius 2 is 1.74 bits per heavy atom. The minimum absolute atomic E-state index is 0.152. The highest BCUT2D eigenvalue weighted by molar-refractivity contribution is 5.70. The number of hydrogen-bond acceptors (Lipinski definition) is 3. The number of carbonyl (C=O) groups is 1. The van der Waals surface area contributed by atoms with Crippen molar-refractivity contribution in [1.29, 1.82) is 0 Å². The lowest BCUT2D eigenvalue weighted by Crippen LogP contribution is -2.36. The maximum Gasteiger partial charge on any atom is 0.412 e. The highest BCUT2D eigenvalue weighted by Crippen LogP contribution is 2.08. The van der Waals surface area contributed by atoms with E-state index in [1.165, 1.54) is 0 Å². The Kier molecular flexibility index (Phi) is 6.36. The maximum atomic E-state index is 11.5. The first-order chi connectivity index (χ1) is 8.97. The molecule has 19 heavy (non-hydrogen) atoms. The quantitative estimate of drug-likeness (QED) is 0.777. The summed E-state index contributed by atoms with van der Waals surface area (Å²) in [5.41, 5.74) is 0.152. The van der Waals surface area contributed by atoms with Gasteiger partial charge in [-0.3, -0.25) is 0 Å². The van der Waals surface area contributed by atoms with Gasteiger partial charge in [-0.15, -0.1) is 0 Å². The summed E-state index contributed by atoms with van der Waals surface area (Å²) in [7, 11) is 0. The molecule has 106 valence electrons. The summed E-state index contributed by atoms with van der Waals surface area (Å²) in [5.74, 6) is 0.564. The van der Waals surface area contributed by atoms with Crippen LogP contribution in [0.4, 0.5) is 4.79 Å². The molecule has 1 aromatic rings. The Labute approximate surface area is 115 Å². The molecule has 0 heterocycles. The third-order valence-corrected chi connectivity index (χ3v) is 2.48. The van der Waals surface area contributed by atoms with E-state index in [2.05, 4.69) is 31.4 Å². The number of carbonyl (C=O) groups excluding carboxylic acids is 1. The monoisotopic (exact) mass is 264 g/mol. The molecular weight excluding hydrogens is 240 g/mol. The van der Waals surface area contributed by atoms with E-state index in [1.54, 1.807) is 12.1 Å². The zero-order valence-electron chi connectivity index (χ0n) is 12.0. The lowest BCUT2D eigenvalue weighted by molar-refractivity contribution is 0.200. The minimum Gasteiger partial charge on any atom is -0.410 e. The van der Waals surface area contributed by atoms with Crippen molar-refractivity contribution in [3.8, 4) is 5.75 Å². The van der Waals surface area contributed by atoms with Crippen LogP contribution in [0.1, 0.15) is 33.6 Å². The number of amides is 1. The van der Waals surface area contributed by atoms with Gasteiger partial charge in [-0.1, -0.05) is 18.2 Å². The largest absolute Gasteiger partial charge is 0.412 e. The lowest BCUT2D eigenvalue weighted by Gasteiger charge is -2.20. The van der Waals surface area contributed by atoms with Gasteiger partial charge in [0.25, 0.3) is 0 Å². The molecule has 0 spiro atoms. The molecule has 0 aromatic heterocycles. The fraction of sp³-hybridized carbons (Fsp3) is 0.533. The van der Waals surface area contributed by atoms with Crippen LogP contribution in [0.2, 0.25) is 0 Å². The number of para-hydroxylation sites is 1. The lowest BCUT2D eigenvalue weighted by atomic mass is 10.1. The summed E-state index contributed by atoms with van der Waals surface area (Å²) in [6.45, 7) is 8.02. The summed E-state index contributed by atoms with van der Waals surface area (Å²) in [4.78, 5) is 11.5. The van der Waals surface area contributed by atoms with Crippen LogP contribution in [0.5, 0.6) is 5.75 Å². The van der Waals surface area contributed by atoms with Crippen molar-refractivity contribution in [1.82, 2.24) is 10.6 Å². The molecule has 4 nitrogen and oxygen atoms in total. The Balaban J connectivity index is 2.05. The minimum atomic E-state index is -0.394. The summed E-state index contributed by atoms with van der Waals surface area (Å²) in [6.07, 6.45) is 1.57. The van der Waals surface area contributed by atoms with E-state index in [0.29, 0.717) is 12.3 Å². The van der Waals surface area contributed by atoms with E-state index >= 15 is 0 Å². The van der Waals surface area contributed by atoms with Crippen molar-refractivity contribution >= 4 is 6.09 Å². The fourth-order valence-corrected chi connectivity index (χ4v) is 1.54. The molecule has 0 unspecified atom stereocenters. The first kappa shape index (κ1) is 15.5. The van der Waals surface area contributed by atoms with Crippen LogP contribution in [0, 0.1) is 0 Å². The van der Waals surface area contributed by atoms with Gasteiger partial charge >= 0.3 is 6.09 Å². The SMILES string of the molecule is CC(C)(C)NCCCCNC(=O)Oc1ccccc1. The van der Waals surface area contributed by atoms with E-state index in [4.69, 9.17) is 4.74 Å². The van der Waals surface area contributed by atoms with E-state index < -0.39 is 6.09 Å². The Morgan fingerprint density at radius 1 is 1.11 bits per heavy atom. The van der Waals surface area contributed by atoms with Crippen LogP contribution in [0.15, 0.2) is 30.3 Å². The Morgan fingerprint density at radius 3 is 2.37 bits per heavy atom. The molecule has 0 aliphatic heterocycles. The summed E-state index contributed by atoms with van der Waals surface area (Å²) < 4.78 is 5.11. The first-order valence-electron chi connectivity index (χ1n) is 6.73. The zero-order valence-corrected chi connectivity index (χ0v) is 12.0. The molecular formula is C15H24N2O2. The van der Waals surface area contributed by atoms with E-state index in [9.17, 15) is 4.79 Å². The molecule has 0 atom stereocenters. The van der Waals surface area contributed by atoms with Gasteiger partial charge in [-0.25, -0.2) is 4.79 Å². The third kappa shape index (κ3) is 8.21. The molecule has 0 aliphatic rings. The number of ether oxygens (including phenoxy) is 1. The molecule has 1 amide bonds. The number of benzene rings is 1. The van der Waals surface area contributed by atoms with Crippen LogP contribution in [-0.4, -0.2) is 24.7 Å². The molecule has 0 saturated carbocycles. The van der Waals surface area contributed by atoms with Crippen LogP contribution < -0.4 is 15.4 Å². The Bertz CT molecular complexity index is 371. The summed E-state index contributed by atoms with van der Waals surface area (Å²) >= 11 is 0. The van der Waals surface area contributed by atoms with Gasteiger partial charge in [0, 0.05) is 12.1 Å². The summed E-state index contributed by atoms with van der Waals surface area (Å²) in [6, 6.07) is 9.06. The molecule has 0 saturated heterocycles. The van der Waals surface area contributed by atoms with Crippen molar-refractivity contribution in [3.05, 3.63) is 30.3 Å². The standard InChI is InChI=1S/C15H24N2O2/c1-15(2,3)17-12-8-7-11-16-14(18)19-13-9-5-4-6-10-13/h4-6,9-10,17H,7-8,11-12H2,1-3H3,(H,16,18). The average molecular weight is 264 g/mol. The van der Waals surface area contributed by atoms with Gasteiger partial charge in [0.15, 0.2) is 0 Å². The molecule has 4 heteroatoms. The number of rotatable bonds is 6.